The second-order valence-electron chi connectivity index (χ2n) is 15.2. The van der Waals surface area contributed by atoms with Crippen LogP contribution in [0.15, 0.2) is 237 Å². The Kier molecular flexibility index (Phi) is 7.97. The van der Waals surface area contributed by atoms with Crippen molar-refractivity contribution >= 4 is 17.1 Å². The highest BCUT2D eigenvalue weighted by Crippen LogP contribution is 2.62. The predicted octanol–water partition coefficient (Wildman–Crippen LogP) is 14.0. The van der Waals surface area contributed by atoms with Gasteiger partial charge in [0.15, 0.2) is 0 Å². The summed E-state index contributed by atoms with van der Waals surface area (Å²) in [5, 5.41) is 0. The van der Waals surface area contributed by atoms with Crippen LogP contribution in [0.1, 0.15) is 44.5 Å². The van der Waals surface area contributed by atoms with Crippen LogP contribution in [0.3, 0.4) is 0 Å². The molecule has 2 aliphatic rings. The van der Waals surface area contributed by atoms with Crippen molar-refractivity contribution in [1.29, 1.82) is 0 Å². The van der Waals surface area contributed by atoms with E-state index in [0.29, 0.717) is 0 Å². The topological polar surface area (TPSA) is 12.5 Å². The van der Waals surface area contributed by atoms with Crippen molar-refractivity contribution in [3.05, 3.63) is 281 Å². The molecule has 2 nitrogen and oxygen atoms in total. The van der Waals surface area contributed by atoms with Gasteiger partial charge < -0.3 is 9.64 Å². The number of hydrogen-bond donors (Lipinski definition) is 0. The SMILES string of the molecule is c1ccc(N(c2ccc(C(c3ccccc3)(c3ccccc3)c3ccccc3)cc2)c2ccc3c(c2)C2(c4ccccc4Oc4ccccc42)c2ccccc2-3)cc1. The Morgan fingerprint density at radius 1 is 0.310 bits per heavy atom. The lowest BCUT2D eigenvalue weighted by Crippen LogP contribution is -2.32. The Morgan fingerprint density at radius 3 is 1.26 bits per heavy atom. The fourth-order valence-electron chi connectivity index (χ4n) is 9.93. The molecule has 1 heterocycles. The Balaban J connectivity index is 1.13. The molecule has 9 aromatic carbocycles. The molecule has 9 aromatic rings. The van der Waals surface area contributed by atoms with Crippen molar-refractivity contribution in [1.82, 2.24) is 0 Å². The van der Waals surface area contributed by atoms with Gasteiger partial charge in [0, 0.05) is 28.2 Å². The summed E-state index contributed by atoms with van der Waals surface area (Å²) in [7, 11) is 0. The molecule has 0 bridgehead atoms. The van der Waals surface area contributed by atoms with Gasteiger partial charge in [-0.05, 0) is 93.0 Å². The summed E-state index contributed by atoms with van der Waals surface area (Å²) < 4.78 is 6.63. The van der Waals surface area contributed by atoms with Crippen molar-refractivity contribution < 1.29 is 4.74 Å². The van der Waals surface area contributed by atoms with Gasteiger partial charge in [-0.1, -0.05) is 188 Å². The summed E-state index contributed by atoms with van der Waals surface area (Å²) in [6, 6.07) is 85.8. The summed E-state index contributed by atoms with van der Waals surface area (Å²) in [5.41, 5.74) is 14.4. The van der Waals surface area contributed by atoms with Crippen LogP contribution < -0.4 is 9.64 Å². The molecule has 0 aromatic heterocycles. The van der Waals surface area contributed by atoms with E-state index in [-0.39, 0.29) is 0 Å². The number of anilines is 3. The first kappa shape index (κ1) is 33.9. The molecule has 1 spiro atoms. The standard InChI is InChI=1S/C56H39NO/c1-5-19-40(20-6-1)55(41-21-7-2-8-22-41,42-23-9-3-10-24-42)43-33-35-45(36-34-43)57(44-25-11-4-12-26-44)46-37-38-48-47-27-13-14-28-49(47)56(52(48)39-46)50-29-15-17-31-53(50)58-54-32-18-16-30-51(54)56/h1-39H. The van der Waals surface area contributed by atoms with Gasteiger partial charge in [0.1, 0.15) is 11.5 Å². The van der Waals surface area contributed by atoms with Gasteiger partial charge in [-0.25, -0.2) is 0 Å². The molecule has 1 aliphatic carbocycles. The third kappa shape index (κ3) is 4.98. The molecule has 1 aliphatic heterocycles. The first-order chi connectivity index (χ1) is 28.8. The number of ether oxygens (including phenoxy) is 1. The minimum atomic E-state index is -0.555. The summed E-state index contributed by atoms with van der Waals surface area (Å²) in [4.78, 5) is 2.40. The smallest absolute Gasteiger partial charge is 0.132 e. The molecule has 0 N–H and O–H groups in total. The van der Waals surface area contributed by atoms with Gasteiger partial charge in [-0.15, -0.1) is 0 Å². The van der Waals surface area contributed by atoms with Crippen molar-refractivity contribution in [2.75, 3.05) is 4.90 Å². The highest BCUT2D eigenvalue weighted by molar-refractivity contribution is 5.91. The average molecular weight is 742 g/mol. The molecule has 58 heavy (non-hydrogen) atoms. The molecule has 0 fully saturated rings. The quantitative estimate of drug-likeness (QED) is 0.151. The summed E-state index contributed by atoms with van der Waals surface area (Å²) in [6.07, 6.45) is 0. The monoisotopic (exact) mass is 741 g/mol. The van der Waals surface area contributed by atoms with E-state index >= 15 is 0 Å². The van der Waals surface area contributed by atoms with E-state index in [1.807, 2.05) is 0 Å². The van der Waals surface area contributed by atoms with Crippen molar-refractivity contribution in [2.45, 2.75) is 10.8 Å². The minimum absolute atomic E-state index is 0.532. The van der Waals surface area contributed by atoms with Crippen LogP contribution in [0.4, 0.5) is 17.1 Å². The first-order valence-electron chi connectivity index (χ1n) is 20.0. The molecule has 0 saturated carbocycles. The van der Waals surface area contributed by atoms with Gasteiger partial charge in [-0.3, -0.25) is 0 Å². The summed E-state index contributed by atoms with van der Waals surface area (Å²) >= 11 is 0. The molecular weight excluding hydrogens is 703 g/mol. The maximum absolute atomic E-state index is 6.63. The zero-order valence-electron chi connectivity index (χ0n) is 31.9. The lowest BCUT2D eigenvalue weighted by atomic mass is 9.65. The van der Waals surface area contributed by atoms with Crippen LogP contribution in [-0.2, 0) is 10.8 Å². The number of para-hydroxylation sites is 3. The normalized spacial score (nSPS) is 13.1. The lowest BCUT2D eigenvalue weighted by molar-refractivity contribution is 0.436. The fourth-order valence-corrected chi connectivity index (χ4v) is 9.93. The fraction of sp³-hybridized carbons (Fsp3) is 0.0357. The van der Waals surface area contributed by atoms with Gasteiger partial charge in [0.05, 0.1) is 10.8 Å². The Hall–Kier alpha value is -7.42. The highest BCUT2D eigenvalue weighted by Gasteiger charge is 2.51. The third-order valence-electron chi connectivity index (χ3n) is 12.3. The van der Waals surface area contributed by atoms with Crippen LogP contribution in [0.25, 0.3) is 11.1 Å². The van der Waals surface area contributed by atoms with E-state index in [2.05, 4.69) is 241 Å². The maximum Gasteiger partial charge on any atom is 0.132 e. The molecule has 0 radical (unpaired) electrons. The molecule has 0 unspecified atom stereocenters. The number of rotatable bonds is 7. The Labute approximate surface area is 339 Å². The molecule has 0 atom stereocenters. The van der Waals surface area contributed by atoms with E-state index in [9.17, 15) is 0 Å². The summed E-state index contributed by atoms with van der Waals surface area (Å²) in [6.45, 7) is 0. The average Bonchev–Trinajstić information content (AvgIpc) is 3.59. The summed E-state index contributed by atoms with van der Waals surface area (Å²) in [5.74, 6) is 1.78. The maximum atomic E-state index is 6.63. The van der Waals surface area contributed by atoms with E-state index in [1.54, 1.807) is 0 Å². The van der Waals surface area contributed by atoms with Crippen molar-refractivity contribution in [3.8, 4) is 22.6 Å². The van der Waals surface area contributed by atoms with Crippen LogP contribution in [0.5, 0.6) is 11.5 Å². The molecular formula is C56H39NO. The largest absolute Gasteiger partial charge is 0.457 e. The number of benzene rings is 9. The Bertz CT molecular complexity index is 2760. The van der Waals surface area contributed by atoms with Gasteiger partial charge >= 0.3 is 0 Å². The molecule has 0 amide bonds. The second-order valence-corrected chi connectivity index (χ2v) is 15.2. The van der Waals surface area contributed by atoms with E-state index in [1.165, 1.54) is 44.5 Å². The highest BCUT2D eigenvalue weighted by atomic mass is 16.5. The predicted molar refractivity (Wildman–Crippen MR) is 237 cm³/mol. The van der Waals surface area contributed by atoms with Crippen molar-refractivity contribution in [3.63, 3.8) is 0 Å². The van der Waals surface area contributed by atoms with Gasteiger partial charge in [0.2, 0.25) is 0 Å². The zero-order chi connectivity index (χ0) is 38.5. The molecule has 2 heteroatoms. The number of nitrogens with zero attached hydrogens (tertiary/aromatic N) is 1. The van der Waals surface area contributed by atoms with E-state index < -0.39 is 10.8 Å². The van der Waals surface area contributed by atoms with Crippen LogP contribution in [0.2, 0.25) is 0 Å². The van der Waals surface area contributed by atoms with E-state index in [4.69, 9.17) is 4.74 Å². The molecule has 274 valence electrons. The molecule has 0 saturated heterocycles. The van der Waals surface area contributed by atoms with Gasteiger partial charge in [0.25, 0.3) is 0 Å². The van der Waals surface area contributed by atoms with Gasteiger partial charge in [-0.2, -0.15) is 0 Å². The molecule has 11 rings (SSSR count). The Morgan fingerprint density at radius 2 is 0.707 bits per heavy atom. The second kappa shape index (κ2) is 13.7. The first-order valence-corrected chi connectivity index (χ1v) is 20.0. The van der Waals surface area contributed by atoms with Crippen molar-refractivity contribution in [2.24, 2.45) is 0 Å². The lowest BCUT2D eigenvalue weighted by Gasteiger charge is -2.39. The number of hydrogen-bond acceptors (Lipinski definition) is 2. The minimum Gasteiger partial charge on any atom is -0.457 e. The van der Waals surface area contributed by atoms with E-state index in [0.717, 1.165) is 39.7 Å². The number of fused-ring (bicyclic) bond motifs is 9. The zero-order valence-corrected chi connectivity index (χ0v) is 31.9. The third-order valence-corrected chi connectivity index (χ3v) is 12.3. The van der Waals surface area contributed by atoms with Crippen LogP contribution in [-0.4, -0.2) is 0 Å². The van der Waals surface area contributed by atoms with Crippen LogP contribution in [0, 0.1) is 0 Å². The van der Waals surface area contributed by atoms with Crippen LogP contribution >= 0.6 is 0 Å².